The van der Waals surface area contributed by atoms with Crippen LogP contribution in [0.4, 0.5) is 0 Å². The fourth-order valence-electron chi connectivity index (χ4n) is 1.38. The predicted molar refractivity (Wildman–Crippen MR) is 61.6 cm³/mol. The van der Waals surface area contributed by atoms with Gasteiger partial charge in [0.25, 0.3) is 0 Å². The third-order valence-electron chi connectivity index (χ3n) is 2.24. The Morgan fingerprint density at radius 1 is 1.62 bits per heavy atom. The van der Waals surface area contributed by atoms with Crippen LogP contribution in [0.3, 0.4) is 0 Å². The van der Waals surface area contributed by atoms with Crippen molar-refractivity contribution >= 4 is 5.57 Å². The van der Waals surface area contributed by atoms with Crippen molar-refractivity contribution in [3.63, 3.8) is 0 Å². The summed E-state index contributed by atoms with van der Waals surface area (Å²) in [6.45, 7) is 5.04. The fraction of sp³-hybridized carbons (Fsp3) is 0.417. The van der Waals surface area contributed by atoms with Crippen molar-refractivity contribution in [3.8, 4) is 5.75 Å². The summed E-state index contributed by atoms with van der Waals surface area (Å²) in [4.78, 5) is 11.5. The number of rotatable bonds is 3. The van der Waals surface area contributed by atoms with E-state index in [1.165, 1.54) is 7.11 Å². The topological polar surface area (TPSA) is 59.7 Å². The van der Waals surface area contributed by atoms with E-state index in [9.17, 15) is 9.90 Å². The Balaban J connectivity index is 3.27. The molecule has 1 atom stereocenters. The second-order valence-corrected chi connectivity index (χ2v) is 3.68. The van der Waals surface area contributed by atoms with Crippen LogP contribution in [0.2, 0.25) is 0 Å². The second-order valence-electron chi connectivity index (χ2n) is 3.68. The number of aliphatic hydroxyl groups is 1. The maximum atomic E-state index is 11.5. The van der Waals surface area contributed by atoms with Gasteiger partial charge < -0.3 is 14.3 Å². The van der Waals surface area contributed by atoms with E-state index in [4.69, 9.17) is 9.15 Å². The van der Waals surface area contributed by atoms with Crippen LogP contribution in [0.5, 0.6) is 5.75 Å². The average molecular weight is 224 g/mol. The van der Waals surface area contributed by atoms with Gasteiger partial charge in [-0.2, -0.15) is 0 Å². The molecule has 1 aromatic rings. The molecule has 0 radical (unpaired) electrons. The minimum absolute atomic E-state index is 0.411. The molecule has 88 valence electrons. The summed E-state index contributed by atoms with van der Waals surface area (Å²) in [6.07, 6.45) is 1.02. The van der Waals surface area contributed by atoms with E-state index in [1.54, 1.807) is 32.9 Å². The Morgan fingerprint density at radius 2 is 2.25 bits per heavy atom. The lowest BCUT2D eigenvalue weighted by Gasteiger charge is -2.06. The van der Waals surface area contributed by atoms with E-state index < -0.39 is 11.7 Å². The van der Waals surface area contributed by atoms with Gasteiger partial charge in [-0.25, -0.2) is 4.79 Å². The van der Waals surface area contributed by atoms with Crippen molar-refractivity contribution in [1.82, 2.24) is 0 Å². The minimum atomic E-state index is -0.586. The molecule has 0 aromatic carbocycles. The zero-order valence-electron chi connectivity index (χ0n) is 9.90. The maximum absolute atomic E-state index is 11.5. The molecule has 16 heavy (non-hydrogen) atoms. The van der Waals surface area contributed by atoms with Gasteiger partial charge >= 0.3 is 5.63 Å². The first kappa shape index (κ1) is 12.5. The molecule has 0 fully saturated rings. The van der Waals surface area contributed by atoms with Crippen LogP contribution in [0.15, 0.2) is 21.4 Å². The lowest BCUT2D eigenvalue weighted by Crippen LogP contribution is -2.07. The van der Waals surface area contributed by atoms with Crippen molar-refractivity contribution in [2.24, 2.45) is 0 Å². The molecule has 1 rings (SSSR count). The molecule has 4 nitrogen and oxygen atoms in total. The van der Waals surface area contributed by atoms with E-state index in [1.807, 2.05) is 0 Å². The summed E-state index contributed by atoms with van der Waals surface area (Å²) < 4.78 is 10.2. The molecule has 4 heteroatoms. The first-order valence-electron chi connectivity index (χ1n) is 5.01. The second kappa shape index (κ2) is 4.99. The number of methoxy groups -OCH3 is 1. The Labute approximate surface area is 94.2 Å². The lowest BCUT2D eigenvalue weighted by atomic mass is 10.1. The molecule has 0 spiro atoms. The lowest BCUT2D eigenvalue weighted by molar-refractivity contribution is 0.244. The average Bonchev–Trinajstić information content (AvgIpc) is 2.20. The highest BCUT2D eigenvalue weighted by Crippen LogP contribution is 2.20. The molecular weight excluding hydrogens is 208 g/mol. The van der Waals surface area contributed by atoms with Crippen LogP contribution in [0, 0.1) is 6.92 Å². The van der Waals surface area contributed by atoms with Gasteiger partial charge in [0, 0.05) is 6.07 Å². The molecule has 0 saturated carbocycles. The van der Waals surface area contributed by atoms with Gasteiger partial charge in [-0.15, -0.1) is 0 Å². The fourth-order valence-corrected chi connectivity index (χ4v) is 1.38. The van der Waals surface area contributed by atoms with Gasteiger partial charge in [-0.05, 0) is 32.4 Å². The van der Waals surface area contributed by atoms with Gasteiger partial charge in [-0.3, -0.25) is 0 Å². The SMILES string of the molecule is COc1cc(/C(C)=C/[C@H](C)O)oc(=O)c1C. The van der Waals surface area contributed by atoms with Crippen molar-refractivity contribution in [2.45, 2.75) is 26.9 Å². The van der Waals surface area contributed by atoms with E-state index in [0.29, 0.717) is 22.6 Å². The first-order valence-corrected chi connectivity index (χ1v) is 5.01. The zero-order valence-corrected chi connectivity index (χ0v) is 9.90. The van der Waals surface area contributed by atoms with Crippen LogP contribution in [-0.2, 0) is 0 Å². The Bertz CT molecular complexity index is 455. The van der Waals surface area contributed by atoms with Crippen LogP contribution >= 0.6 is 0 Å². The van der Waals surface area contributed by atoms with E-state index in [-0.39, 0.29) is 0 Å². The van der Waals surface area contributed by atoms with Crippen LogP contribution in [-0.4, -0.2) is 18.3 Å². The standard InChI is InChI=1S/C12H16O4/c1-7(5-8(2)13)10-6-11(15-4)9(3)12(14)16-10/h5-6,8,13H,1-4H3/b7-5+/t8-/m0/s1. The highest BCUT2D eigenvalue weighted by atomic mass is 16.5. The van der Waals surface area contributed by atoms with Crippen molar-refractivity contribution in [2.75, 3.05) is 7.11 Å². The molecule has 0 aliphatic heterocycles. The summed E-state index contributed by atoms with van der Waals surface area (Å²) >= 11 is 0. The predicted octanol–water partition coefficient (Wildman–Crippen LogP) is 1.74. The molecule has 1 N–H and O–H groups in total. The van der Waals surface area contributed by atoms with Crippen molar-refractivity contribution in [1.29, 1.82) is 0 Å². The van der Waals surface area contributed by atoms with Gasteiger partial charge in [0.05, 0.1) is 18.8 Å². The number of ether oxygens (including phenoxy) is 1. The molecule has 0 saturated heterocycles. The van der Waals surface area contributed by atoms with Gasteiger partial charge in [0.2, 0.25) is 0 Å². The van der Waals surface area contributed by atoms with E-state index >= 15 is 0 Å². The molecule has 1 heterocycles. The van der Waals surface area contributed by atoms with Gasteiger partial charge in [0.15, 0.2) is 0 Å². The van der Waals surface area contributed by atoms with Crippen LogP contribution in [0.1, 0.15) is 25.2 Å². The number of allylic oxidation sites excluding steroid dienone is 1. The van der Waals surface area contributed by atoms with Crippen LogP contribution in [0.25, 0.3) is 5.57 Å². The van der Waals surface area contributed by atoms with Crippen molar-refractivity contribution < 1.29 is 14.3 Å². The van der Waals surface area contributed by atoms with Crippen molar-refractivity contribution in [3.05, 3.63) is 33.9 Å². The molecule has 0 unspecified atom stereocenters. The number of aliphatic hydroxyl groups excluding tert-OH is 1. The van der Waals surface area contributed by atoms with Crippen LogP contribution < -0.4 is 10.4 Å². The molecule has 0 bridgehead atoms. The molecule has 0 amide bonds. The summed E-state index contributed by atoms with van der Waals surface area (Å²) in [5.41, 5.74) is 0.717. The Hall–Kier alpha value is -1.55. The summed E-state index contributed by atoms with van der Waals surface area (Å²) in [5.74, 6) is 0.901. The third kappa shape index (κ3) is 2.73. The number of hydrogen-bond acceptors (Lipinski definition) is 4. The maximum Gasteiger partial charge on any atom is 0.342 e. The Kier molecular flexibility index (Phi) is 3.90. The first-order chi connectivity index (χ1) is 7.45. The largest absolute Gasteiger partial charge is 0.496 e. The quantitative estimate of drug-likeness (QED) is 0.849. The highest BCUT2D eigenvalue weighted by molar-refractivity contribution is 5.60. The third-order valence-corrected chi connectivity index (χ3v) is 2.24. The minimum Gasteiger partial charge on any atom is -0.496 e. The van der Waals surface area contributed by atoms with E-state index in [0.717, 1.165) is 0 Å². The number of hydrogen-bond donors (Lipinski definition) is 1. The monoisotopic (exact) mass is 224 g/mol. The summed E-state index contributed by atoms with van der Waals surface area (Å²) in [5, 5.41) is 9.21. The smallest absolute Gasteiger partial charge is 0.342 e. The Morgan fingerprint density at radius 3 is 2.75 bits per heavy atom. The summed E-state index contributed by atoms with van der Waals surface area (Å²) in [6, 6.07) is 1.64. The van der Waals surface area contributed by atoms with Gasteiger partial charge in [-0.1, -0.05) is 0 Å². The van der Waals surface area contributed by atoms with E-state index in [2.05, 4.69) is 0 Å². The molecule has 1 aromatic heterocycles. The highest BCUT2D eigenvalue weighted by Gasteiger charge is 2.09. The normalized spacial score (nSPS) is 13.7. The molecular formula is C12H16O4. The molecule has 0 aliphatic carbocycles. The summed E-state index contributed by atoms with van der Waals surface area (Å²) in [7, 11) is 1.50. The molecule has 0 aliphatic rings. The van der Waals surface area contributed by atoms with Gasteiger partial charge in [0.1, 0.15) is 11.5 Å². The zero-order chi connectivity index (χ0) is 12.3.